The molecule has 1 radical (unpaired) electrons. The highest BCUT2D eigenvalue weighted by molar-refractivity contribution is 5.78. The van der Waals surface area contributed by atoms with Crippen molar-refractivity contribution in [2.75, 3.05) is 0 Å². The monoisotopic (exact) mass is 164 g/mol. The normalized spacial score (nSPS) is 9.08. The maximum Gasteiger partial charge on any atom is 0.224 e. The van der Waals surface area contributed by atoms with Crippen molar-refractivity contribution in [3.63, 3.8) is 0 Å². The van der Waals surface area contributed by atoms with Crippen molar-refractivity contribution in [3.05, 3.63) is 44.0 Å². The fourth-order valence-electron chi connectivity index (χ4n) is 0.702. The maximum absolute atomic E-state index is 11.0. The molecule has 0 aromatic rings. The number of hydrogen-bond acceptors (Lipinski definition) is 1. The largest absolute Gasteiger partial charge is 0.344 e. The van der Waals surface area contributed by atoms with Crippen LogP contribution in [0, 0.1) is 6.04 Å². The van der Waals surface area contributed by atoms with E-state index in [-0.39, 0.29) is 5.91 Å². The molecule has 0 bridgehead atoms. The summed E-state index contributed by atoms with van der Waals surface area (Å²) in [7, 11) is 0. The predicted molar refractivity (Wildman–Crippen MR) is 51.2 cm³/mol. The molecule has 0 aliphatic heterocycles. The quantitative estimate of drug-likeness (QED) is 0.597. The first-order valence-corrected chi connectivity index (χ1v) is 3.74. The standard InChI is InChI=1S/C10H14NO/c1-4-7-9(6-3)11-10(12)8-5-2/h4-6H,1-3,7-8H2,(H,11,12). The van der Waals surface area contributed by atoms with Crippen LogP contribution in [0.1, 0.15) is 12.8 Å². The molecule has 0 aliphatic rings. The van der Waals surface area contributed by atoms with Gasteiger partial charge in [0.05, 0.1) is 6.04 Å². The first-order valence-electron chi connectivity index (χ1n) is 3.74. The van der Waals surface area contributed by atoms with Gasteiger partial charge >= 0.3 is 0 Å². The molecule has 0 aromatic carbocycles. The average Bonchev–Trinajstić information content (AvgIpc) is 2.04. The minimum absolute atomic E-state index is 0.0678. The average molecular weight is 164 g/mol. The van der Waals surface area contributed by atoms with E-state index < -0.39 is 0 Å². The summed E-state index contributed by atoms with van der Waals surface area (Å²) < 4.78 is 0. The molecule has 65 valence electrons. The molecule has 0 spiro atoms. The fourth-order valence-corrected chi connectivity index (χ4v) is 0.702. The Labute approximate surface area is 73.7 Å². The molecule has 2 nitrogen and oxygen atoms in total. The van der Waals surface area contributed by atoms with E-state index in [2.05, 4.69) is 25.1 Å². The van der Waals surface area contributed by atoms with Crippen LogP contribution in [0.3, 0.4) is 0 Å². The molecule has 0 atom stereocenters. The molecule has 1 N–H and O–H groups in total. The minimum atomic E-state index is -0.0678. The Hall–Kier alpha value is -1.31. The zero-order valence-electron chi connectivity index (χ0n) is 7.18. The molecule has 0 heterocycles. The molecule has 0 aliphatic carbocycles. The van der Waals surface area contributed by atoms with Crippen LogP contribution in [0.4, 0.5) is 0 Å². The van der Waals surface area contributed by atoms with Gasteiger partial charge in [0.15, 0.2) is 0 Å². The number of nitrogens with one attached hydrogen (secondary N) is 1. The van der Waals surface area contributed by atoms with Gasteiger partial charge < -0.3 is 5.32 Å². The van der Waals surface area contributed by atoms with Gasteiger partial charge in [-0.2, -0.15) is 0 Å². The smallest absolute Gasteiger partial charge is 0.224 e. The summed E-state index contributed by atoms with van der Waals surface area (Å²) in [4.78, 5) is 11.0. The predicted octanol–water partition coefficient (Wildman–Crippen LogP) is 1.97. The Kier molecular flexibility index (Phi) is 5.70. The first-order chi connectivity index (χ1) is 5.74. The van der Waals surface area contributed by atoms with Crippen LogP contribution in [0.25, 0.3) is 0 Å². The van der Waals surface area contributed by atoms with E-state index in [1.165, 1.54) is 0 Å². The molecule has 2 heteroatoms. The van der Waals surface area contributed by atoms with Gasteiger partial charge in [0.1, 0.15) is 0 Å². The van der Waals surface area contributed by atoms with Crippen LogP contribution >= 0.6 is 0 Å². The molecule has 0 aromatic heterocycles. The van der Waals surface area contributed by atoms with E-state index in [0.717, 1.165) is 6.04 Å². The molecule has 0 unspecified atom stereocenters. The molecule has 0 fully saturated rings. The van der Waals surface area contributed by atoms with Crippen LogP contribution in [-0.4, -0.2) is 5.91 Å². The van der Waals surface area contributed by atoms with Crippen molar-refractivity contribution in [1.29, 1.82) is 0 Å². The van der Waals surface area contributed by atoms with Gasteiger partial charge in [-0.05, 0) is 6.42 Å². The lowest BCUT2D eigenvalue weighted by Gasteiger charge is -2.09. The Morgan fingerprint density at radius 1 is 1.17 bits per heavy atom. The third kappa shape index (κ3) is 4.50. The second-order valence-corrected chi connectivity index (χ2v) is 2.26. The van der Waals surface area contributed by atoms with Gasteiger partial charge in [0, 0.05) is 6.42 Å². The van der Waals surface area contributed by atoms with Crippen LogP contribution in [-0.2, 0) is 4.79 Å². The molecular formula is C10H14NO. The van der Waals surface area contributed by atoms with E-state index in [0.29, 0.717) is 12.8 Å². The number of carbonyl (C=O) groups excluding carboxylic acids is 1. The third-order valence-corrected chi connectivity index (χ3v) is 1.24. The Morgan fingerprint density at radius 3 is 2.17 bits per heavy atom. The summed E-state index contributed by atoms with van der Waals surface area (Å²) in [6.45, 7) is 10.6. The summed E-state index contributed by atoms with van der Waals surface area (Å²) >= 11 is 0. The molecule has 0 saturated heterocycles. The van der Waals surface area contributed by atoms with E-state index >= 15 is 0 Å². The molecule has 0 rings (SSSR count). The highest BCUT2D eigenvalue weighted by Gasteiger charge is 2.05. The van der Waals surface area contributed by atoms with Crippen molar-refractivity contribution >= 4 is 5.91 Å². The van der Waals surface area contributed by atoms with Crippen molar-refractivity contribution < 1.29 is 4.79 Å². The van der Waals surface area contributed by atoms with Crippen LogP contribution in [0.15, 0.2) is 38.0 Å². The van der Waals surface area contributed by atoms with Gasteiger partial charge in [-0.1, -0.05) is 18.2 Å². The number of hydrogen-bond donors (Lipinski definition) is 1. The van der Waals surface area contributed by atoms with Gasteiger partial charge in [-0.25, -0.2) is 0 Å². The second kappa shape index (κ2) is 6.40. The minimum Gasteiger partial charge on any atom is -0.344 e. The third-order valence-electron chi connectivity index (χ3n) is 1.24. The van der Waals surface area contributed by atoms with E-state index in [4.69, 9.17) is 0 Å². The lowest BCUT2D eigenvalue weighted by molar-refractivity contribution is -0.119. The van der Waals surface area contributed by atoms with Crippen molar-refractivity contribution in [2.45, 2.75) is 12.8 Å². The van der Waals surface area contributed by atoms with E-state index in [9.17, 15) is 4.79 Å². The van der Waals surface area contributed by atoms with Crippen LogP contribution < -0.4 is 5.32 Å². The van der Waals surface area contributed by atoms with E-state index in [1.54, 1.807) is 18.2 Å². The van der Waals surface area contributed by atoms with E-state index in [1.807, 2.05) is 0 Å². The number of amides is 1. The second-order valence-electron chi connectivity index (χ2n) is 2.26. The van der Waals surface area contributed by atoms with Crippen molar-refractivity contribution in [2.24, 2.45) is 0 Å². The van der Waals surface area contributed by atoms with Crippen molar-refractivity contribution in [3.8, 4) is 0 Å². The van der Waals surface area contributed by atoms with Crippen LogP contribution in [0.2, 0.25) is 0 Å². The fraction of sp³-hybridized carbons (Fsp3) is 0.200. The Morgan fingerprint density at radius 2 is 1.75 bits per heavy atom. The Bertz CT molecular complexity index is 184. The van der Waals surface area contributed by atoms with Gasteiger partial charge in [0.25, 0.3) is 0 Å². The zero-order chi connectivity index (χ0) is 9.40. The molecule has 12 heavy (non-hydrogen) atoms. The summed E-state index contributed by atoms with van der Waals surface area (Å²) in [6, 6.07) is 0.775. The number of rotatable bonds is 6. The molecular weight excluding hydrogens is 150 g/mol. The summed E-state index contributed by atoms with van der Waals surface area (Å²) in [5.74, 6) is -0.0678. The topological polar surface area (TPSA) is 29.1 Å². The number of carbonyl (C=O) groups is 1. The van der Waals surface area contributed by atoms with Crippen LogP contribution in [0.5, 0.6) is 0 Å². The molecule has 0 saturated carbocycles. The first kappa shape index (κ1) is 10.7. The lowest BCUT2D eigenvalue weighted by atomic mass is 10.2. The Balaban J connectivity index is 3.83. The van der Waals surface area contributed by atoms with Gasteiger partial charge in [-0.3, -0.25) is 4.79 Å². The van der Waals surface area contributed by atoms with Gasteiger partial charge in [-0.15, -0.1) is 19.7 Å². The SMILES string of the molecule is C=CC[C](C=C)NC(=O)CC=C. The van der Waals surface area contributed by atoms with Crippen molar-refractivity contribution in [1.82, 2.24) is 5.32 Å². The summed E-state index contributed by atoms with van der Waals surface area (Å²) in [6.07, 6.45) is 5.85. The highest BCUT2D eigenvalue weighted by atomic mass is 16.1. The van der Waals surface area contributed by atoms with Gasteiger partial charge in [0.2, 0.25) is 5.91 Å². The zero-order valence-corrected chi connectivity index (χ0v) is 7.18. The summed E-state index contributed by atoms with van der Waals surface area (Å²) in [5.41, 5.74) is 0. The lowest BCUT2D eigenvalue weighted by Crippen LogP contribution is -2.25. The highest BCUT2D eigenvalue weighted by Crippen LogP contribution is 2.03. The summed E-state index contributed by atoms with van der Waals surface area (Å²) in [5, 5.41) is 2.69. The molecule has 1 amide bonds. The maximum atomic E-state index is 11.0.